The van der Waals surface area contributed by atoms with E-state index in [-0.39, 0.29) is 0 Å². The first-order valence-electron chi connectivity index (χ1n) is 5.86. The van der Waals surface area contributed by atoms with Gasteiger partial charge in [-0.3, -0.25) is 0 Å². The average Bonchev–Trinajstić information content (AvgIpc) is 2.73. The summed E-state index contributed by atoms with van der Waals surface area (Å²) < 4.78 is 0.456. The molecule has 0 N–H and O–H groups in total. The fourth-order valence-corrected chi connectivity index (χ4v) is 12.1. The normalized spacial score (nSPS) is 34.1. The van der Waals surface area contributed by atoms with Crippen LogP contribution in [0.2, 0.25) is 14.8 Å². The van der Waals surface area contributed by atoms with Gasteiger partial charge in [-0.25, -0.2) is 0 Å². The monoisotopic (exact) mass is 251 g/mol. The Morgan fingerprint density at radius 3 is 2.14 bits per heavy atom. The summed E-state index contributed by atoms with van der Waals surface area (Å²) in [6.07, 6.45) is 6.81. The zero-order valence-electron chi connectivity index (χ0n) is 9.91. The van der Waals surface area contributed by atoms with Gasteiger partial charge < -0.3 is 0 Å². The van der Waals surface area contributed by atoms with E-state index in [4.69, 9.17) is 0 Å². The summed E-state index contributed by atoms with van der Waals surface area (Å²) in [5.74, 6) is 0. The van der Waals surface area contributed by atoms with Gasteiger partial charge in [-0.05, 0) is 0 Å². The maximum absolute atomic E-state index is 3.80. The zero-order chi connectivity index (χ0) is 10.3. The van der Waals surface area contributed by atoms with Crippen LogP contribution in [-0.2, 0) is 0 Å². The number of allylic oxidation sites excluding steroid dienone is 4. The van der Waals surface area contributed by atoms with Crippen LogP contribution in [0.3, 0.4) is 0 Å². The summed E-state index contributed by atoms with van der Waals surface area (Å²) in [6, 6.07) is 0. The van der Waals surface area contributed by atoms with Crippen molar-refractivity contribution in [3.63, 3.8) is 0 Å². The molecular formula is C13H21Ge. The topological polar surface area (TPSA) is 0 Å². The van der Waals surface area contributed by atoms with E-state index in [2.05, 4.69) is 33.8 Å². The van der Waals surface area contributed by atoms with Gasteiger partial charge in [-0.2, -0.15) is 0 Å². The van der Waals surface area contributed by atoms with Gasteiger partial charge in [0.15, 0.2) is 0 Å². The standard InChI is InChI=1S/C13H21Ge/c1-10-9-13(4,12(3)11(10)2)14-7-5-6-8-14/h14H,5-8H2,1-4H3. The van der Waals surface area contributed by atoms with Crippen molar-refractivity contribution in [3.05, 3.63) is 22.8 Å². The number of hydrogen-bond donors (Lipinski definition) is 0. The molecule has 1 unspecified atom stereocenters. The predicted molar refractivity (Wildman–Crippen MR) is 65.2 cm³/mol. The predicted octanol–water partition coefficient (Wildman–Crippen LogP) is 3.87. The molecule has 1 saturated heterocycles. The molecule has 0 nitrogen and oxygen atoms in total. The molecule has 1 heteroatoms. The molecule has 0 aromatic carbocycles. The molecule has 2 rings (SSSR count). The van der Waals surface area contributed by atoms with Gasteiger partial charge in [0.05, 0.1) is 0 Å². The molecule has 0 spiro atoms. The Labute approximate surface area is 92.6 Å². The summed E-state index contributed by atoms with van der Waals surface area (Å²) in [6.45, 7) is 9.34. The molecule has 0 amide bonds. The van der Waals surface area contributed by atoms with Crippen LogP contribution in [0.25, 0.3) is 0 Å². The van der Waals surface area contributed by atoms with Crippen LogP contribution < -0.4 is 0 Å². The van der Waals surface area contributed by atoms with Gasteiger partial charge in [0.25, 0.3) is 0 Å². The van der Waals surface area contributed by atoms with Gasteiger partial charge in [0.2, 0.25) is 0 Å². The molecule has 2 aliphatic rings. The molecule has 0 bridgehead atoms. The summed E-state index contributed by atoms with van der Waals surface area (Å²) >= 11 is -1.07. The molecule has 1 radical (unpaired) electrons. The van der Waals surface area contributed by atoms with Crippen molar-refractivity contribution in [1.29, 1.82) is 0 Å². The third-order valence-electron chi connectivity index (χ3n) is 4.52. The fraction of sp³-hybridized carbons (Fsp3) is 0.692. The van der Waals surface area contributed by atoms with Crippen molar-refractivity contribution in [1.82, 2.24) is 0 Å². The van der Waals surface area contributed by atoms with Crippen molar-refractivity contribution < 1.29 is 0 Å². The molecule has 1 heterocycles. The molecule has 1 aliphatic heterocycles. The van der Waals surface area contributed by atoms with E-state index in [1.54, 1.807) is 16.1 Å². The third-order valence-corrected chi connectivity index (χ3v) is 13.8. The first-order valence-corrected chi connectivity index (χ1v) is 10.5. The second-order valence-corrected chi connectivity index (χ2v) is 13.0. The molecule has 1 aliphatic carbocycles. The molecular weight excluding hydrogens is 229 g/mol. The minimum absolute atomic E-state index is 0.456. The second-order valence-electron chi connectivity index (χ2n) is 5.18. The summed E-state index contributed by atoms with van der Waals surface area (Å²) in [5, 5.41) is 3.18. The van der Waals surface area contributed by atoms with E-state index in [0.717, 1.165) is 0 Å². The van der Waals surface area contributed by atoms with Crippen molar-refractivity contribution in [3.8, 4) is 0 Å². The molecule has 1 atom stereocenters. The Balaban J connectivity index is 2.33. The Morgan fingerprint density at radius 1 is 1.14 bits per heavy atom. The Hall–Kier alpha value is 0.0229. The number of rotatable bonds is 1. The maximum atomic E-state index is 3.80. The van der Waals surface area contributed by atoms with Gasteiger partial charge >= 0.3 is 92.4 Å². The Bertz CT molecular complexity index is 305. The molecule has 77 valence electrons. The SMILES string of the molecule is CC1=[C][C](C)([GeH]2[CH2]CC[CH2]2)C(C)=C1C. The van der Waals surface area contributed by atoms with Gasteiger partial charge in [-0.1, -0.05) is 0 Å². The van der Waals surface area contributed by atoms with Crippen LogP contribution in [0.1, 0.15) is 40.5 Å². The van der Waals surface area contributed by atoms with Crippen LogP contribution in [-0.4, -0.2) is 14.3 Å². The Kier molecular flexibility index (Phi) is 2.67. The van der Waals surface area contributed by atoms with Crippen LogP contribution in [0.15, 0.2) is 16.7 Å². The van der Waals surface area contributed by atoms with E-state index in [9.17, 15) is 0 Å². The van der Waals surface area contributed by atoms with Crippen molar-refractivity contribution in [2.75, 3.05) is 0 Å². The second kappa shape index (κ2) is 3.55. The average molecular weight is 250 g/mol. The fourth-order valence-electron chi connectivity index (χ4n) is 3.16. The minimum atomic E-state index is -1.07. The molecule has 0 aromatic heterocycles. The quantitative estimate of drug-likeness (QED) is 0.619. The summed E-state index contributed by atoms with van der Waals surface area (Å²) in [4.78, 5) is 0. The molecule has 1 fully saturated rings. The van der Waals surface area contributed by atoms with Gasteiger partial charge in [0.1, 0.15) is 0 Å². The van der Waals surface area contributed by atoms with Crippen molar-refractivity contribution >= 4 is 14.3 Å². The molecule has 0 saturated carbocycles. The van der Waals surface area contributed by atoms with E-state index in [1.165, 1.54) is 24.0 Å². The van der Waals surface area contributed by atoms with Crippen LogP contribution in [0, 0.1) is 6.08 Å². The van der Waals surface area contributed by atoms with Crippen molar-refractivity contribution in [2.24, 2.45) is 0 Å². The number of hydrogen-bond acceptors (Lipinski definition) is 0. The summed E-state index contributed by atoms with van der Waals surface area (Å²) in [7, 11) is 0. The van der Waals surface area contributed by atoms with E-state index in [1.807, 2.05) is 0 Å². The van der Waals surface area contributed by atoms with Crippen LogP contribution in [0.5, 0.6) is 0 Å². The first kappa shape index (κ1) is 10.5. The molecule has 14 heavy (non-hydrogen) atoms. The van der Waals surface area contributed by atoms with E-state index in [0.29, 0.717) is 4.25 Å². The van der Waals surface area contributed by atoms with Crippen LogP contribution in [0.4, 0.5) is 0 Å². The summed E-state index contributed by atoms with van der Waals surface area (Å²) in [5.41, 5.74) is 4.62. The Morgan fingerprint density at radius 2 is 1.71 bits per heavy atom. The third kappa shape index (κ3) is 1.42. The van der Waals surface area contributed by atoms with Crippen LogP contribution >= 0.6 is 0 Å². The van der Waals surface area contributed by atoms with Gasteiger partial charge in [0, 0.05) is 0 Å². The zero-order valence-corrected chi connectivity index (χ0v) is 12.3. The first-order chi connectivity index (χ1) is 6.55. The molecule has 0 aromatic rings. The van der Waals surface area contributed by atoms with E-state index < -0.39 is 14.3 Å². The van der Waals surface area contributed by atoms with Crippen molar-refractivity contribution in [2.45, 2.75) is 55.3 Å². The van der Waals surface area contributed by atoms with Gasteiger partial charge in [-0.15, -0.1) is 0 Å². The van der Waals surface area contributed by atoms with E-state index >= 15 is 0 Å².